The number of halogens is 1. The number of para-hydroxylation sites is 1. The Bertz CT molecular complexity index is 605. The lowest BCUT2D eigenvalue weighted by atomic mass is 10.1. The highest BCUT2D eigenvalue weighted by atomic mass is 35.5. The molecule has 4 heteroatoms. The molecule has 0 spiro atoms. The first-order chi connectivity index (χ1) is 8.74. The molecule has 0 unspecified atom stereocenters. The molecule has 1 N–H and O–H groups in total. The Kier molecular flexibility index (Phi) is 3.83. The Morgan fingerprint density at radius 3 is 2.61 bits per heavy atom. The Hall–Kier alpha value is -2.02. The van der Waals surface area contributed by atoms with Gasteiger partial charge in [-0.2, -0.15) is 5.26 Å². The second-order valence-corrected chi connectivity index (χ2v) is 4.04. The fraction of sp³-hybridized carbons (Fsp3) is 0.0714. The van der Waals surface area contributed by atoms with Crippen molar-refractivity contribution in [3.8, 4) is 17.6 Å². The quantitative estimate of drug-likeness (QED) is 0.918. The number of aliphatic hydroxyl groups excluding tert-OH is 1. The molecule has 0 amide bonds. The SMILES string of the molecule is N#Cc1cc(CO)ccc1Oc1ccccc1Cl. The second-order valence-electron chi connectivity index (χ2n) is 3.63. The molecule has 0 aliphatic carbocycles. The van der Waals surface area contributed by atoms with Crippen LogP contribution in [0.2, 0.25) is 5.02 Å². The van der Waals surface area contributed by atoms with Gasteiger partial charge in [0.1, 0.15) is 17.6 Å². The van der Waals surface area contributed by atoms with Crippen LogP contribution in [0, 0.1) is 11.3 Å². The zero-order valence-electron chi connectivity index (χ0n) is 9.43. The van der Waals surface area contributed by atoms with Gasteiger partial charge in [-0.15, -0.1) is 0 Å². The summed E-state index contributed by atoms with van der Waals surface area (Å²) in [5.74, 6) is 0.912. The van der Waals surface area contributed by atoms with E-state index in [1.54, 1.807) is 42.5 Å². The molecular formula is C14H10ClNO2. The summed E-state index contributed by atoms with van der Waals surface area (Å²) in [6, 6.07) is 14.0. The minimum atomic E-state index is -0.110. The van der Waals surface area contributed by atoms with E-state index in [4.69, 9.17) is 26.7 Å². The molecule has 0 heterocycles. The van der Waals surface area contributed by atoms with Crippen molar-refractivity contribution in [1.82, 2.24) is 0 Å². The van der Waals surface area contributed by atoms with Crippen molar-refractivity contribution in [2.24, 2.45) is 0 Å². The third-order valence-electron chi connectivity index (χ3n) is 2.40. The lowest BCUT2D eigenvalue weighted by Crippen LogP contribution is -1.91. The smallest absolute Gasteiger partial charge is 0.146 e. The van der Waals surface area contributed by atoms with Gasteiger partial charge < -0.3 is 9.84 Å². The first-order valence-corrected chi connectivity index (χ1v) is 5.68. The predicted octanol–water partition coefficient (Wildman–Crippen LogP) is 3.50. The maximum absolute atomic E-state index is 9.04. The van der Waals surface area contributed by atoms with E-state index in [1.165, 1.54) is 0 Å². The van der Waals surface area contributed by atoms with Crippen LogP contribution in [0.1, 0.15) is 11.1 Å². The molecule has 2 aromatic rings. The van der Waals surface area contributed by atoms with Gasteiger partial charge in [0.2, 0.25) is 0 Å². The zero-order chi connectivity index (χ0) is 13.0. The van der Waals surface area contributed by atoms with E-state index in [0.717, 1.165) is 0 Å². The van der Waals surface area contributed by atoms with Crippen LogP contribution in [-0.4, -0.2) is 5.11 Å². The Morgan fingerprint density at radius 1 is 1.17 bits per heavy atom. The lowest BCUT2D eigenvalue weighted by molar-refractivity contribution is 0.281. The molecule has 3 nitrogen and oxygen atoms in total. The molecule has 0 fully saturated rings. The molecule has 0 radical (unpaired) electrons. The largest absolute Gasteiger partial charge is 0.454 e. The predicted molar refractivity (Wildman–Crippen MR) is 68.6 cm³/mol. The lowest BCUT2D eigenvalue weighted by Gasteiger charge is -2.09. The standard InChI is InChI=1S/C14H10ClNO2/c15-12-3-1-2-4-14(12)18-13-6-5-10(9-17)7-11(13)8-16/h1-7,17H,9H2. The van der Waals surface area contributed by atoms with Crippen molar-refractivity contribution in [3.63, 3.8) is 0 Å². The molecule has 0 saturated heterocycles. The minimum absolute atomic E-state index is 0.110. The van der Waals surface area contributed by atoms with Crippen LogP contribution in [0.3, 0.4) is 0 Å². The average Bonchev–Trinajstić information content (AvgIpc) is 2.41. The van der Waals surface area contributed by atoms with Crippen LogP contribution < -0.4 is 4.74 Å². The Morgan fingerprint density at radius 2 is 1.94 bits per heavy atom. The number of rotatable bonds is 3. The number of nitriles is 1. The van der Waals surface area contributed by atoms with Gasteiger partial charge in [0.15, 0.2) is 0 Å². The number of benzene rings is 2. The molecule has 0 aromatic heterocycles. The van der Waals surface area contributed by atoms with E-state index in [-0.39, 0.29) is 6.61 Å². The topological polar surface area (TPSA) is 53.2 Å². The summed E-state index contributed by atoms with van der Waals surface area (Å²) in [6.45, 7) is -0.110. The number of hydrogen-bond acceptors (Lipinski definition) is 3. The van der Waals surface area contributed by atoms with Gasteiger partial charge in [-0.3, -0.25) is 0 Å². The van der Waals surface area contributed by atoms with Crippen LogP contribution in [0.5, 0.6) is 11.5 Å². The fourth-order valence-electron chi connectivity index (χ4n) is 1.50. The van der Waals surface area contributed by atoms with Gasteiger partial charge in [-0.25, -0.2) is 0 Å². The first-order valence-electron chi connectivity index (χ1n) is 5.31. The van der Waals surface area contributed by atoms with Crippen LogP contribution in [0.25, 0.3) is 0 Å². The molecule has 2 rings (SSSR count). The van der Waals surface area contributed by atoms with Crippen molar-refractivity contribution < 1.29 is 9.84 Å². The summed E-state index contributed by atoms with van der Waals surface area (Å²) in [5, 5.41) is 18.5. The van der Waals surface area contributed by atoms with Crippen molar-refractivity contribution in [2.45, 2.75) is 6.61 Å². The van der Waals surface area contributed by atoms with Gasteiger partial charge in [0.25, 0.3) is 0 Å². The molecule has 0 aliphatic heterocycles. The van der Waals surface area contributed by atoms with Crippen LogP contribution in [-0.2, 0) is 6.61 Å². The zero-order valence-corrected chi connectivity index (χ0v) is 10.2. The van der Waals surface area contributed by atoms with Gasteiger partial charge in [0, 0.05) is 0 Å². The minimum Gasteiger partial charge on any atom is -0.454 e. The van der Waals surface area contributed by atoms with E-state index in [1.807, 2.05) is 6.07 Å². The van der Waals surface area contributed by atoms with Crippen LogP contribution in [0.4, 0.5) is 0 Å². The molecule has 0 atom stereocenters. The van der Waals surface area contributed by atoms with Gasteiger partial charge in [-0.05, 0) is 29.8 Å². The molecule has 2 aromatic carbocycles. The van der Waals surface area contributed by atoms with E-state index in [0.29, 0.717) is 27.6 Å². The van der Waals surface area contributed by atoms with E-state index in [2.05, 4.69) is 0 Å². The molecule has 0 saturated carbocycles. The molecule has 18 heavy (non-hydrogen) atoms. The summed E-state index contributed by atoms with van der Waals surface area (Å²) in [5.41, 5.74) is 1.03. The van der Waals surface area contributed by atoms with Crippen LogP contribution >= 0.6 is 11.6 Å². The summed E-state index contributed by atoms with van der Waals surface area (Å²) in [7, 11) is 0. The van der Waals surface area contributed by atoms with E-state index >= 15 is 0 Å². The Balaban J connectivity index is 2.35. The first kappa shape index (κ1) is 12.4. The Labute approximate surface area is 110 Å². The number of aliphatic hydroxyl groups is 1. The maximum Gasteiger partial charge on any atom is 0.146 e. The third-order valence-corrected chi connectivity index (χ3v) is 2.72. The van der Waals surface area contributed by atoms with Gasteiger partial charge >= 0.3 is 0 Å². The monoisotopic (exact) mass is 259 g/mol. The highest BCUT2D eigenvalue weighted by Crippen LogP contribution is 2.31. The van der Waals surface area contributed by atoms with Gasteiger partial charge in [0.05, 0.1) is 17.2 Å². The maximum atomic E-state index is 9.04. The molecule has 90 valence electrons. The third kappa shape index (κ3) is 2.62. The van der Waals surface area contributed by atoms with Gasteiger partial charge in [-0.1, -0.05) is 29.8 Å². The average molecular weight is 260 g/mol. The fourth-order valence-corrected chi connectivity index (χ4v) is 1.67. The second kappa shape index (κ2) is 5.54. The molecular weight excluding hydrogens is 250 g/mol. The number of hydrogen-bond donors (Lipinski definition) is 1. The summed E-state index contributed by atoms with van der Waals surface area (Å²) < 4.78 is 5.59. The summed E-state index contributed by atoms with van der Waals surface area (Å²) in [6.07, 6.45) is 0. The molecule has 0 aliphatic rings. The van der Waals surface area contributed by atoms with Crippen molar-refractivity contribution >= 4 is 11.6 Å². The summed E-state index contributed by atoms with van der Waals surface area (Å²) in [4.78, 5) is 0. The summed E-state index contributed by atoms with van der Waals surface area (Å²) >= 11 is 5.98. The number of ether oxygens (including phenoxy) is 1. The van der Waals surface area contributed by atoms with Crippen LogP contribution in [0.15, 0.2) is 42.5 Å². The van der Waals surface area contributed by atoms with Crippen molar-refractivity contribution in [3.05, 3.63) is 58.6 Å². The number of nitrogens with zero attached hydrogens (tertiary/aromatic N) is 1. The van der Waals surface area contributed by atoms with Crippen molar-refractivity contribution in [1.29, 1.82) is 5.26 Å². The highest BCUT2D eigenvalue weighted by molar-refractivity contribution is 6.32. The molecule has 0 bridgehead atoms. The van der Waals surface area contributed by atoms with E-state index < -0.39 is 0 Å². The normalized spacial score (nSPS) is 9.83. The van der Waals surface area contributed by atoms with E-state index in [9.17, 15) is 0 Å². The van der Waals surface area contributed by atoms with Crippen molar-refractivity contribution in [2.75, 3.05) is 0 Å². The highest BCUT2D eigenvalue weighted by Gasteiger charge is 2.07.